The second-order valence-corrected chi connectivity index (χ2v) is 12.0. The minimum atomic E-state index is -0.538. The number of nitrogens with zero attached hydrogens (tertiary/aromatic N) is 5. The van der Waals surface area contributed by atoms with Gasteiger partial charge in [0.05, 0.1) is 31.5 Å². The van der Waals surface area contributed by atoms with Gasteiger partial charge in [-0.2, -0.15) is 10.2 Å². The van der Waals surface area contributed by atoms with Crippen LogP contribution in [0.1, 0.15) is 32.8 Å². The highest BCUT2D eigenvalue weighted by molar-refractivity contribution is 5.95. The summed E-state index contributed by atoms with van der Waals surface area (Å²) < 4.78 is 22.3. The van der Waals surface area contributed by atoms with Crippen molar-refractivity contribution < 1.29 is 33.3 Å². The molecular formula is C31H35N7O7. The van der Waals surface area contributed by atoms with E-state index in [0.717, 1.165) is 11.1 Å². The first-order valence-corrected chi connectivity index (χ1v) is 14.8. The first kappa shape index (κ1) is 30.1. The first-order chi connectivity index (χ1) is 21.6. The lowest BCUT2D eigenvalue weighted by atomic mass is 10.1. The smallest absolute Gasteiger partial charge is 0.415 e. The molecule has 0 spiro atoms. The maximum atomic E-state index is 12.5. The van der Waals surface area contributed by atoms with Crippen LogP contribution in [0.5, 0.6) is 11.5 Å². The zero-order valence-electron chi connectivity index (χ0n) is 25.3. The molecule has 0 radical (unpaired) electrons. The van der Waals surface area contributed by atoms with E-state index in [4.69, 9.17) is 18.9 Å². The molecule has 3 aromatic rings. The average Bonchev–Trinajstić information content (AvgIpc) is 3.36. The molecule has 45 heavy (non-hydrogen) atoms. The molecule has 5 heterocycles. The molecule has 3 aliphatic heterocycles. The van der Waals surface area contributed by atoms with Crippen molar-refractivity contribution in [3.63, 3.8) is 0 Å². The number of carbonyl (C=O) groups excluding carboxylic acids is 3. The Labute approximate surface area is 260 Å². The van der Waals surface area contributed by atoms with E-state index in [0.29, 0.717) is 68.0 Å². The number of nitrogens with one attached hydrogen (secondary N) is 2. The topological polar surface area (TPSA) is 157 Å². The van der Waals surface area contributed by atoms with Gasteiger partial charge in [0, 0.05) is 18.2 Å². The molecule has 2 N–H and O–H groups in total. The van der Waals surface area contributed by atoms with Crippen molar-refractivity contribution >= 4 is 29.7 Å². The highest BCUT2D eigenvalue weighted by atomic mass is 16.6. The number of hydrogen-bond acceptors (Lipinski definition) is 11. The molecule has 2 aromatic heterocycles. The van der Waals surface area contributed by atoms with Gasteiger partial charge < -0.3 is 34.5 Å². The van der Waals surface area contributed by atoms with Crippen LogP contribution in [-0.4, -0.2) is 88.8 Å². The van der Waals surface area contributed by atoms with Crippen molar-refractivity contribution in [3.05, 3.63) is 54.2 Å². The third-order valence-electron chi connectivity index (χ3n) is 7.24. The number of hydrogen-bond donors (Lipinski definition) is 2. The van der Waals surface area contributed by atoms with Crippen molar-refractivity contribution in [1.82, 2.24) is 25.4 Å². The summed E-state index contributed by atoms with van der Waals surface area (Å²) in [6.45, 7) is 7.95. The zero-order chi connectivity index (χ0) is 31.6. The fourth-order valence-electron chi connectivity index (χ4n) is 5.03. The van der Waals surface area contributed by atoms with Crippen LogP contribution in [-0.2, 0) is 20.8 Å². The summed E-state index contributed by atoms with van der Waals surface area (Å²) in [5.74, 6) is 1.44. The van der Waals surface area contributed by atoms with E-state index >= 15 is 0 Å². The Morgan fingerprint density at radius 2 is 1.98 bits per heavy atom. The number of aromatic nitrogens is 3. The molecule has 14 nitrogen and oxygen atoms in total. The minimum Gasteiger partial charge on any atom is -0.485 e. The largest absolute Gasteiger partial charge is 0.485 e. The number of amides is 3. The van der Waals surface area contributed by atoms with Crippen molar-refractivity contribution in [2.45, 2.75) is 51.5 Å². The molecule has 0 bridgehead atoms. The molecule has 2 fully saturated rings. The van der Waals surface area contributed by atoms with Crippen molar-refractivity contribution in [2.75, 3.05) is 43.0 Å². The predicted octanol–water partition coefficient (Wildman–Crippen LogP) is 3.37. The van der Waals surface area contributed by atoms with Crippen LogP contribution in [0.3, 0.4) is 0 Å². The average molecular weight is 618 g/mol. The van der Waals surface area contributed by atoms with E-state index in [1.807, 2.05) is 51.1 Å². The van der Waals surface area contributed by atoms with E-state index in [9.17, 15) is 14.4 Å². The van der Waals surface area contributed by atoms with Gasteiger partial charge in [0.15, 0.2) is 18.2 Å². The fourth-order valence-corrected chi connectivity index (χ4v) is 5.03. The van der Waals surface area contributed by atoms with Gasteiger partial charge in [-0.05, 0) is 57.5 Å². The van der Waals surface area contributed by atoms with E-state index < -0.39 is 11.7 Å². The molecule has 1 atom stereocenters. The molecule has 6 rings (SSSR count). The Morgan fingerprint density at radius 3 is 2.80 bits per heavy atom. The quantitative estimate of drug-likeness (QED) is 0.339. The van der Waals surface area contributed by atoms with Crippen LogP contribution >= 0.6 is 0 Å². The molecule has 0 saturated carbocycles. The van der Waals surface area contributed by atoms with Gasteiger partial charge >= 0.3 is 12.2 Å². The highest BCUT2D eigenvalue weighted by Crippen LogP contribution is 2.30. The lowest BCUT2D eigenvalue weighted by molar-refractivity contribution is -0.118. The summed E-state index contributed by atoms with van der Waals surface area (Å²) in [6, 6.07) is 13.2. The van der Waals surface area contributed by atoms with Gasteiger partial charge in [0.2, 0.25) is 0 Å². The lowest BCUT2D eigenvalue weighted by Crippen LogP contribution is -2.57. The summed E-state index contributed by atoms with van der Waals surface area (Å²) in [5.41, 5.74) is 2.10. The molecule has 3 amide bonds. The third-order valence-corrected chi connectivity index (χ3v) is 7.24. The van der Waals surface area contributed by atoms with Crippen LogP contribution in [0.4, 0.5) is 21.2 Å². The second kappa shape index (κ2) is 12.6. The minimum absolute atomic E-state index is 0.0608. The number of cyclic esters (lactones) is 1. The van der Waals surface area contributed by atoms with Gasteiger partial charge in [-0.1, -0.05) is 18.2 Å². The molecule has 0 unspecified atom stereocenters. The highest BCUT2D eigenvalue weighted by Gasteiger charge is 2.36. The molecule has 236 valence electrons. The van der Waals surface area contributed by atoms with Gasteiger partial charge in [0.25, 0.3) is 5.91 Å². The number of rotatable bonds is 9. The number of ether oxygens (including phenoxy) is 4. The van der Waals surface area contributed by atoms with Crippen LogP contribution in [0.2, 0.25) is 0 Å². The van der Waals surface area contributed by atoms with E-state index in [1.165, 1.54) is 4.90 Å². The Balaban J connectivity index is 0.965. The Kier molecular flexibility index (Phi) is 8.39. The van der Waals surface area contributed by atoms with Gasteiger partial charge in [-0.25, -0.2) is 14.6 Å². The SMILES string of the molecule is CC(C)(C)OC(=O)N1CC(Oc2cnnc(-c3cccc(CNCC[C@H]4CN(c5ccc6c(n5)NC(=O)CO6)C(=O)O4)c3)c2)C1. The molecule has 1 aromatic carbocycles. The molecular weight excluding hydrogens is 582 g/mol. The van der Waals surface area contributed by atoms with Crippen molar-refractivity contribution in [3.8, 4) is 22.8 Å². The molecule has 2 saturated heterocycles. The van der Waals surface area contributed by atoms with E-state index in [1.54, 1.807) is 23.2 Å². The first-order valence-electron chi connectivity index (χ1n) is 14.8. The van der Waals surface area contributed by atoms with Gasteiger partial charge in [-0.15, -0.1) is 0 Å². The summed E-state index contributed by atoms with van der Waals surface area (Å²) in [5, 5.41) is 14.5. The van der Waals surface area contributed by atoms with Crippen LogP contribution < -0.4 is 25.0 Å². The second-order valence-electron chi connectivity index (χ2n) is 12.0. The number of benzene rings is 1. The number of anilines is 2. The Hall–Kier alpha value is -4.98. The predicted molar refractivity (Wildman–Crippen MR) is 162 cm³/mol. The van der Waals surface area contributed by atoms with Crippen LogP contribution in [0, 0.1) is 0 Å². The monoisotopic (exact) mass is 617 g/mol. The fraction of sp³-hybridized carbons (Fsp3) is 0.419. The number of likely N-dealkylation sites (tertiary alicyclic amines) is 1. The number of carbonyl (C=O) groups is 3. The molecule has 0 aliphatic carbocycles. The maximum absolute atomic E-state index is 12.5. The standard InChI is InChI=1S/C31H35N7O7/c1-31(2,3)45-29(40)37-15-23(16-37)43-22-12-24(36-33-14-22)20-6-4-5-19(11-20)13-32-10-9-21-17-38(30(41)44-21)26-8-7-25-28(34-26)35-27(39)18-42-25/h4-8,11-12,14,21,23,32H,9-10,13,15-18H2,1-3H3,(H,34,35,39)/t21-/m0/s1. The lowest BCUT2D eigenvalue weighted by Gasteiger charge is -2.39. The Bertz CT molecular complexity index is 1590. The maximum Gasteiger partial charge on any atom is 0.415 e. The van der Waals surface area contributed by atoms with Crippen LogP contribution in [0.15, 0.2) is 48.7 Å². The van der Waals surface area contributed by atoms with E-state index in [-0.39, 0.29) is 30.8 Å². The summed E-state index contributed by atoms with van der Waals surface area (Å²) in [7, 11) is 0. The normalized spacial score (nSPS) is 18.0. The summed E-state index contributed by atoms with van der Waals surface area (Å²) >= 11 is 0. The Morgan fingerprint density at radius 1 is 1.13 bits per heavy atom. The van der Waals surface area contributed by atoms with Crippen molar-refractivity contribution in [2.24, 2.45) is 0 Å². The number of pyridine rings is 1. The van der Waals surface area contributed by atoms with Gasteiger partial charge in [0.1, 0.15) is 29.4 Å². The third kappa shape index (κ3) is 7.40. The number of fused-ring (bicyclic) bond motifs is 1. The molecule has 14 heteroatoms. The van der Waals surface area contributed by atoms with Crippen molar-refractivity contribution in [1.29, 1.82) is 0 Å². The van der Waals surface area contributed by atoms with Gasteiger partial charge in [-0.3, -0.25) is 9.69 Å². The summed E-state index contributed by atoms with van der Waals surface area (Å²) in [4.78, 5) is 43.7. The van der Waals surface area contributed by atoms with Crippen LogP contribution in [0.25, 0.3) is 11.3 Å². The molecule has 3 aliphatic rings. The zero-order valence-corrected chi connectivity index (χ0v) is 25.3. The van der Waals surface area contributed by atoms with E-state index in [2.05, 4.69) is 25.8 Å². The summed E-state index contributed by atoms with van der Waals surface area (Å²) in [6.07, 6.45) is 0.921.